The summed E-state index contributed by atoms with van der Waals surface area (Å²) >= 11 is 1.37. The molecule has 1 aromatic heterocycles. The Morgan fingerprint density at radius 1 is 1.08 bits per heavy atom. The highest BCUT2D eigenvalue weighted by Crippen LogP contribution is 2.26. The van der Waals surface area contributed by atoms with Gasteiger partial charge in [-0.25, -0.2) is 0 Å². The molecule has 5 nitrogen and oxygen atoms in total. The molecule has 0 amide bonds. The van der Waals surface area contributed by atoms with Gasteiger partial charge in [-0.1, -0.05) is 36.0 Å². The Bertz CT molecular complexity index is 919. The lowest BCUT2D eigenvalue weighted by Gasteiger charge is -2.11. The molecule has 3 aromatic rings. The third kappa shape index (κ3) is 3.79. The van der Waals surface area contributed by atoms with Crippen LogP contribution in [0.4, 0.5) is 0 Å². The molecule has 0 radical (unpaired) electrons. The summed E-state index contributed by atoms with van der Waals surface area (Å²) in [5, 5.41) is 12.2. The number of tetrazole rings is 1. The lowest BCUT2D eigenvalue weighted by atomic mass is 10.0. The summed E-state index contributed by atoms with van der Waals surface area (Å²) in [5.41, 5.74) is 5.03. The number of aromatic nitrogens is 4. The van der Waals surface area contributed by atoms with Crippen LogP contribution in [0.1, 0.15) is 34.0 Å². The molecule has 0 saturated heterocycles. The first-order chi connectivity index (χ1) is 12.0. The highest BCUT2D eigenvalue weighted by atomic mass is 32.2. The molecule has 0 saturated carbocycles. The molecule has 128 valence electrons. The summed E-state index contributed by atoms with van der Waals surface area (Å²) < 4.78 is 1.67. The summed E-state index contributed by atoms with van der Waals surface area (Å²) in [5.74, 6) is 0.0758. The van der Waals surface area contributed by atoms with Crippen LogP contribution in [0.2, 0.25) is 0 Å². The van der Waals surface area contributed by atoms with E-state index in [1.54, 1.807) is 4.68 Å². The van der Waals surface area contributed by atoms with E-state index in [2.05, 4.69) is 15.5 Å². The summed E-state index contributed by atoms with van der Waals surface area (Å²) in [4.78, 5) is 12.7. The van der Waals surface area contributed by atoms with E-state index >= 15 is 0 Å². The number of thioether (sulfide) groups is 1. The number of hydrogen-bond acceptors (Lipinski definition) is 5. The molecule has 0 aliphatic heterocycles. The van der Waals surface area contributed by atoms with Gasteiger partial charge in [-0.15, -0.1) is 5.10 Å². The Balaban J connectivity index is 1.82. The van der Waals surface area contributed by atoms with Crippen molar-refractivity contribution in [1.29, 1.82) is 0 Å². The zero-order valence-electron chi connectivity index (χ0n) is 14.7. The first kappa shape index (κ1) is 17.4. The predicted molar refractivity (Wildman–Crippen MR) is 99.5 cm³/mol. The molecule has 1 heterocycles. The van der Waals surface area contributed by atoms with Crippen molar-refractivity contribution < 1.29 is 4.79 Å². The number of carbonyl (C=O) groups is 1. The number of rotatable bonds is 5. The van der Waals surface area contributed by atoms with Crippen LogP contribution in [-0.4, -0.2) is 31.2 Å². The Morgan fingerprint density at radius 2 is 1.88 bits per heavy atom. The van der Waals surface area contributed by atoms with Crippen LogP contribution >= 0.6 is 11.8 Å². The minimum Gasteiger partial charge on any atom is -0.293 e. The molecular formula is C19H20N4OS. The van der Waals surface area contributed by atoms with Crippen LogP contribution in [0.15, 0.2) is 47.6 Å². The smallest absolute Gasteiger partial charge is 0.214 e. The van der Waals surface area contributed by atoms with E-state index in [-0.39, 0.29) is 11.0 Å². The van der Waals surface area contributed by atoms with Crippen molar-refractivity contribution in [3.8, 4) is 5.69 Å². The highest BCUT2D eigenvalue weighted by Gasteiger charge is 2.20. The number of nitrogens with zero attached hydrogens (tertiary/aromatic N) is 4. The van der Waals surface area contributed by atoms with Crippen LogP contribution in [0, 0.1) is 20.8 Å². The zero-order chi connectivity index (χ0) is 18.0. The molecule has 0 spiro atoms. The van der Waals surface area contributed by atoms with Crippen molar-refractivity contribution in [1.82, 2.24) is 20.2 Å². The third-order valence-electron chi connectivity index (χ3n) is 4.13. The average Bonchev–Trinajstić information content (AvgIpc) is 3.04. The minimum absolute atomic E-state index is 0.0758. The van der Waals surface area contributed by atoms with Crippen molar-refractivity contribution in [3.63, 3.8) is 0 Å². The second-order valence-electron chi connectivity index (χ2n) is 6.14. The maximum atomic E-state index is 12.7. The monoisotopic (exact) mass is 352 g/mol. The molecule has 3 rings (SSSR count). The Kier molecular flexibility index (Phi) is 4.99. The molecule has 0 aliphatic carbocycles. The van der Waals surface area contributed by atoms with Gasteiger partial charge in [-0.3, -0.25) is 4.79 Å². The number of aryl methyl sites for hydroxylation is 3. The normalized spacial score (nSPS) is 12.2. The summed E-state index contributed by atoms with van der Waals surface area (Å²) in [6, 6.07) is 13.7. The predicted octanol–water partition coefficient (Wildman–Crippen LogP) is 3.95. The van der Waals surface area contributed by atoms with Crippen molar-refractivity contribution >= 4 is 17.5 Å². The number of carbonyl (C=O) groups excluding carboxylic acids is 1. The Hall–Kier alpha value is -2.47. The van der Waals surface area contributed by atoms with Gasteiger partial charge in [-0.2, -0.15) is 4.68 Å². The Labute approximate surface area is 151 Å². The van der Waals surface area contributed by atoms with E-state index in [4.69, 9.17) is 0 Å². The van der Waals surface area contributed by atoms with Crippen LogP contribution in [0.3, 0.4) is 0 Å². The first-order valence-corrected chi connectivity index (χ1v) is 8.97. The van der Waals surface area contributed by atoms with Gasteiger partial charge < -0.3 is 0 Å². The van der Waals surface area contributed by atoms with Gasteiger partial charge >= 0.3 is 0 Å². The summed E-state index contributed by atoms with van der Waals surface area (Å²) in [6.45, 7) is 7.96. The molecule has 0 N–H and O–H groups in total. The van der Waals surface area contributed by atoms with Gasteiger partial charge in [0.05, 0.1) is 10.9 Å². The van der Waals surface area contributed by atoms with Gasteiger partial charge in [0.1, 0.15) is 0 Å². The van der Waals surface area contributed by atoms with Gasteiger partial charge in [0, 0.05) is 5.56 Å². The molecule has 1 unspecified atom stereocenters. The quantitative estimate of drug-likeness (QED) is 0.514. The second kappa shape index (κ2) is 7.19. The largest absolute Gasteiger partial charge is 0.293 e. The van der Waals surface area contributed by atoms with Crippen LogP contribution in [0.25, 0.3) is 5.69 Å². The fourth-order valence-electron chi connectivity index (χ4n) is 2.52. The second-order valence-corrected chi connectivity index (χ2v) is 7.44. The van der Waals surface area contributed by atoms with Gasteiger partial charge in [0.25, 0.3) is 0 Å². The van der Waals surface area contributed by atoms with Gasteiger partial charge in [0.2, 0.25) is 5.16 Å². The molecule has 25 heavy (non-hydrogen) atoms. The van der Waals surface area contributed by atoms with Crippen molar-refractivity contribution in [3.05, 3.63) is 64.7 Å². The van der Waals surface area contributed by atoms with Crippen molar-refractivity contribution in [2.24, 2.45) is 0 Å². The van der Waals surface area contributed by atoms with Crippen molar-refractivity contribution in [2.45, 2.75) is 38.1 Å². The van der Waals surface area contributed by atoms with E-state index < -0.39 is 0 Å². The maximum Gasteiger partial charge on any atom is 0.214 e. The molecule has 0 aliphatic rings. The first-order valence-electron chi connectivity index (χ1n) is 8.09. The number of hydrogen-bond donors (Lipinski definition) is 0. The summed E-state index contributed by atoms with van der Waals surface area (Å²) in [7, 11) is 0. The zero-order valence-corrected chi connectivity index (χ0v) is 15.5. The number of Topliss-reactive ketones (excluding diaryl/α,β-unsaturated/α-hetero) is 1. The Morgan fingerprint density at radius 3 is 2.60 bits per heavy atom. The van der Waals surface area contributed by atoms with Crippen LogP contribution < -0.4 is 0 Å². The molecule has 1 atom stereocenters. The number of benzene rings is 2. The highest BCUT2D eigenvalue weighted by molar-refractivity contribution is 8.00. The van der Waals surface area contributed by atoms with Crippen molar-refractivity contribution in [2.75, 3.05) is 0 Å². The molecule has 6 heteroatoms. The van der Waals surface area contributed by atoms with E-state index in [9.17, 15) is 4.79 Å². The van der Waals surface area contributed by atoms with E-state index in [1.807, 2.05) is 70.2 Å². The van der Waals surface area contributed by atoms with E-state index in [0.29, 0.717) is 5.16 Å². The van der Waals surface area contributed by atoms with Gasteiger partial charge in [0.15, 0.2) is 5.78 Å². The van der Waals surface area contributed by atoms with Crippen LogP contribution in [-0.2, 0) is 0 Å². The molecule has 0 bridgehead atoms. The van der Waals surface area contributed by atoms with Gasteiger partial charge in [-0.05, 0) is 73.0 Å². The van der Waals surface area contributed by atoms with E-state index in [0.717, 1.165) is 22.4 Å². The minimum atomic E-state index is -0.281. The average molecular weight is 352 g/mol. The molecule has 2 aromatic carbocycles. The topological polar surface area (TPSA) is 60.7 Å². The lowest BCUT2D eigenvalue weighted by molar-refractivity contribution is 0.0993. The standard InChI is InChI=1S/C19H20N4OS/c1-12-6-5-7-17(10-12)23-19(20-21-22-23)25-15(4)18(24)16-9-8-13(2)14(3)11-16/h5-11,15H,1-4H3. The SMILES string of the molecule is Cc1cccc(-n2nnnc2SC(C)C(=O)c2ccc(C)c(C)c2)c1. The maximum absolute atomic E-state index is 12.7. The van der Waals surface area contributed by atoms with Crippen LogP contribution in [0.5, 0.6) is 0 Å². The number of ketones is 1. The third-order valence-corrected chi connectivity index (χ3v) is 5.16. The fraction of sp³-hybridized carbons (Fsp3) is 0.263. The van der Waals surface area contributed by atoms with E-state index in [1.165, 1.54) is 17.3 Å². The molecule has 0 fully saturated rings. The fourth-order valence-corrected chi connectivity index (χ4v) is 3.40. The molecular weight excluding hydrogens is 332 g/mol. The summed E-state index contributed by atoms with van der Waals surface area (Å²) in [6.07, 6.45) is 0. The lowest BCUT2D eigenvalue weighted by Crippen LogP contribution is -2.15.